The van der Waals surface area contributed by atoms with Crippen LogP contribution in [0.15, 0.2) is 33.9 Å². The highest BCUT2D eigenvalue weighted by atomic mass is 32.2. The van der Waals surface area contributed by atoms with E-state index in [2.05, 4.69) is 67.7 Å². The summed E-state index contributed by atoms with van der Waals surface area (Å²) in [5.41, 5.74) is -0.0128. The zero-order valence-electron chi connectivity index (χ0n) is 28.3. The average Bonchev–Trinajstić information content (AvgIpc) is 3.34. The van der Waals surface area contributed by atoms with Crippen molar-refractivity contribution in [1.29, 1.82) is 0 Å². The first-order chi connectivity index (χ1) is 19.9. The van der Waals surface area contributed by atoms with Gasteiger partial charge in [0.2, 0.25) is 17.7 Å². The molecule has 0 aliphatic heterocycles. The number of nitrogens with one attached hydrogen (secondary N) is 3. The summed E-state index contributed by atoms with van der Waals surface area (Å²) < 4.78 is 11.8. The molecule has 0 radical (unpaired) electrons. The van der Waals surface area contributed by atoms with Crippen LogP contribution in [0.1, 0.15) is 88.5 Å². The number of hydrogen-bond donors (Lipinski definition) is 3. The Morgan fingerprint density at radius 3 is 1.98 bits per heavy atom. The van der Waals surface area contributed by atoms with Crippen LogP contribution in [0.25, 0.3) is 11.5 Å². The van der Waals surface area contributed by atoms with E-state index in [9.17, 15) is 9.59 Å². The first kappa shape index (κ1) is 36.8. The lowest BCUT2D eigenvalue weighted by molar-refractivity contribution is -0.133. The maximum atomic E-state index is 13.3. The highest BCUT2D eigenvalue weighted by molar-refractivity contribution is 7.99. The third kappa shape index (κ3) is 12.6. The zero-order valence-corrected chi connectivity index (χ0v) is 29.1. The molecule has 2 amide bonds. The van der Waals surface area contributed by atoms with Crippen LogP contribution < -0.4 is 16.0 Å². The third-order valence-electron chi connectivity index (χ3n) is 7.37. The monoisotopic (exact) mass is 617 g/mol. The molecule has 242 valence electrons. The first-order valence-electron chi connectivity index (χ1n) is 15.3. The second-order valence-corrected chi connectivity index (χ2v) is 16.2. The summed E-state index contributed by atoms with van der Waals surface area (Å²) in [5, 5.41) is 18.4. The van der Waals surface area contributed by atoms with E-state index in [1.807, 2.05) is 59.0 Å². The molecule has 0 bridgehead atoms. The van der Waals surface area contributed by atoms with Crippen LogP contribution in [0.2, 0.25) is 0 Å². The molecule has 1 aromatic heterocycles. The first-order valence-corrected chi connectivity index (χ1v) is 16.2. The van der Waals surface area contributed by atoms with Gasteiger partial charge in [0.15, 0.2) is 0 Å². The minimum absolute atomic E-state index is 0.0581. The summed E-state index contributed by atoms with van der Waals surface area (Å²) in [4.78, 5) is 26.5. The molecule has 0 fully saturated rings. The zero-order chi connectivity index (χ0) is 32.5. The predicted molar refractivity (Wildman–Crippen MR) is 176 cm³/mol. The van der Waals surface area contributed by atoms with Crippen LogP contribution in [0, 0.1) is 21.7 Å². The number of carbonyl (C=O) groups is 2. The smallest absolute Gasteiger partial charge is 0.277 e. The van der Waals surface area contributed by atoms with Crippen molar-refractivity contribution < 1.29 is 18.7 Å². The standard InChI is InChI=1S/C33H55N5O4S/c1-23(2)43-29-38-37-26(42-29)24-12-14-25(15-13-24)36-28(40)33(9,10)20-32(7,8)27(39)35-19-17-31(5,6)22-41-21-30(3,4)16-18-34-11/h12-15,23,34H,16-22H2,1-11H3,(H,35,39)(H,36,40). The molecular formula is C33H55N5O4S. The number of amides is 2. The van der Waals surface area contributed by atoms with Crippen LogP contribution in [0.4, 0.5) is 5.69 Å². The fourth-order valence-corrected chi connectivity index (χ4v) is 5.42. The van der Waals surface area contributed by atoms with Gasteiger partial charge < -0.3 is 25.1 Å². The Bertz CT molecular complexity index is 1170. The van der Waals surface area contributed by atoms with Crippen molar-refractivity contribution in [1.82, 2.24) is 20.8 Å². The van der Waals surface area contributed by atoms with Crippen molar-refractivity contribution in [3.8, 4) is 11.5 Å². The Balaban J connectivity index is 1.85. The molecule has 9 nitrogen and oxygen atoms in total. The molecule has 3 N–H and O–H groups in total. The van der Waals surface area contributed by atoms with Crippen molar-refractivity contribution in [3.63, 3.8) is 0 Å². The van der Waals surface area contributed by atoms with Crippen molar-refractivity contribution in [3.05, 3.63) is 24.3 Å². The maximum Gasteiger partial charge on any atom is 0.277 e. The summed E-state index contributed by atoms with van der Waals surface area (Å²) in [5.74, 6) is 0.233. The van der Waals surface area contributed by atoms with Gasteiger partial charge in [-0.2, -0.15) is 0 Å². The number of benzene rings is 1. The van der Waals surface area contributed by atoms with E-state index in [0.717, 1.165) is 24.9 Å². The summed E-state index contributed by atoms with van der Waals surface area (Å²) in [7, 11) is 1.97. The molecule has 0 saturated carbocycles. The Morgan fingerprint density at radius 1 is 0.860 bits per heavy atom. The number of ether oxygens (including phenoxy) is 1. The Hall–Kier alpha value is -2.43. The Kier molecular flexibility index (Phi) is 13.3. The van der Waals surface area contributed by atoms with Crippen LogP contribution in [0.3, 0.4) is 0 Å². The van der Waals surface area contributed by atoms with Crippen LogP contribution >= 0.6 is 11.8 Å². The third-order valence-corrected chi connectivity index (χ3v) is 8.21. The minimum Gasteiger partial charge on any atom is -0.411 e. The van der Waals surface area contributed by atoms with E-state index >= 15 is 0 Å². The summed E-state index contributed by atoms with van der Waals surface area (Å²) in [6, 6.07) is 7.31. The molecule has 0 spiro atoms. The van der Waals surface area contributed by atoms with E-state index in [-0.39, 0.29) is 22.6 Å². The van der Waals surface area contributed by atoms with Crippen molar-refractivity contribution in [2.24, 2.45) is 21.7 Å². The van der Waals surface area contributed by atoms with E-state index in [1.165, 1.54) is 11.8 Å². The average molecular weight is 618 g/mol. The van der Waals surface area contributed by atoms with Gasteiger partial charge in [-0.05, 0) is 68.0 Å². The number of nitrogens with zero attached hydrogens (tertiary/aromatic N) is 2. The van der Waals surface area contributed by atoms with Gasteiger partial charge in [0, 0.05) is 33.9 Å². The second-order valence-electron chi connectivity index (χ2n) is 14.7. The number of hydrogen-bond acceptors (Lipinski definition) is 8. The van der Waals surface area contributed by atoms with Crippen LogP contribution in [-0.2, 0) is 14.3 Å². The topological polar surface area (TPSA) is 118 Å². The molecule has 0 atom stereocenters. The normalized spacial score (nSPS) is 12.9. The Morgan fingerprint density at radius 2 is 1.42 bits per heavy atom. The van der Waals surface area contributed by atoms with Crippen molar-refractivity contribution >= 4 is 29.3 Å². The predicted octanol–water partition coefficient (Wildman–Crippen LogP) is 6.80. The lowest BCUT2D eigenvalue weighted by Gasteiger charge is -2.33. The van der Waals surface area contributed by atoms with Gasteiger partial charge >= 0.3 is 0 Å². The fourth-order valence-electron chi connectivity index (χ4n) is 4.80. The molecule has 0 aliphatic rings. The highest BCUT2D eigenvalue weighted by Gasteiger charge is 2.39. The van der Waals surface area contributed by atoms with Gasteiger partial charge in [0.05, 0.1) is 13.2 Å². The molecule has 0 unspecified atom stereocenters. The highest BCUT2D eigenvalue weighted by Crippen LogP contribution is 2.35. The maximum absolute atomic E-state index is 13.3. The molecule has 2 aromatic rings. The van der Waals surface area contributed by atoms with E-state index in [0.29, 0.717) is 48.2 Å². The largest absolute Gasteiger partial charge is 0.411 e. The molecule has 1 aromatic carbocycles. The molecule has 10 heteroatoms. The summed E-state index contributed by atoms with van der Waals surface area (Å²) in [6.45, 7) is 23.3. The molecule has 0 aliphatic carbocycles. The van der Waals surface area contributed by atoms with Crippen LogP contribution in [-0.4, -0.2) is 60.6 Å². The number of carbonyl (C=O) groups excluding carboxylic acids is 2. The number of aromatic nitrogens is 2. The molecule has 2 rings (SSSR count). The summed E-state index contributed by atoms with van der Waals surface area (Å²) in [6.07, 6.45) is 2.24. The van der Waals surface area contributed by atoms with E-state index in [1.54, 1.807) is 0 Å². The van der Waals surface area contributed by atoms with Crippen molar-refractivity contribution in [2.75, 3.05) is 38.7 Å². The molecule has 0 saturated heterocycles. The Labute approximate surface area is 263 Å². The molecule has 1 heterocycles. The quantitative estimate of drug-likeness (QED) is 0.156. The molecular weight excluding hydrogens is 562 g/mol. The number of anilines is 1. The lowest BCUT2D eigenvalue weighted by atomic mass is 9.74. The fraction of sp³-hybridized carbons (Fsp3) is 0.697. The van der Waals surface area contributed by atoms with Gasteiger partial charge in [-0.15, -0.1) is 10.2 Å². The number of thioether (sulfide) groups is 1. The van der Waals surface area contributed by atoms with Gasteiger partial charge in [0.1, 0.15) is 0 Å². The van der Waals surface area contributed by atoms with Gasteiger partial charge in [-0.3, -0.25) is 9.59 Å². The van der Waals surface area contributed by atoms with E-state index < -0.39 is 10.8 Å². The lowest BCUT2D eigenvalue weighted by Crippen LogP contribution is -2.44. The minimum atomic E-state index is -0.776. The van der Waals surface area contributed by atoms with Gasteiger partial charge in [0.25, 0.3) is 5.22 Å². The van der Waals surface area contributed by atoms with Gasteiger partial charge in [-0.25, -0.2) is 0 Å². The van der Waals surface area contributed by atoms with Crippen LogP contribution in [0.5, 0.6) is 0 Å². The summed E-state index contributed by atoms with van der Waals surface area (Å²) >= 11 is 1.51. The SMILES string of the molecule is CNCCC(C)(C)COCC(C)(C)CCNC(=O)C(C)(C)CC(C)(C)C(=O)Nc1ccc(-c2nnc(SC(C)C)o2)cc1. The second kappa shape index (κ2) is 15.5. The number of rotatable bonds is 18. The van der Waals surface area contributed by atoms with E-state index in [4.69, 9.17) is 9.15 Å². The van der Waals surface area contributed by atoms with Gasteiger partial charge in [-0.1, -0.05) is 81.0 Å². The van der Waals surface area contributed by atoms with Crippen molar-refractivity contribution in [2.45, 2.75) is 99.0 Å². The molecule has 43 heavy (non-hydrogen) atoms.